The average molecular weight is 891 g/mol. The van der Waals surface area contributed by atoms with Gasteiger partial charge in [-0.3, -0.25) is 0 Å². The third-order valence-electron chi connectivity index (χ3n) is 14.0. The van der Waals surface area contributed by atoms with Crippen molar-refractivity contribution in [1.29, 1.82) is 0 Å². The van der Waals surface area contributed by atoms with Gasteiger partial charge in [-0.15, -0.1) is 0 Å². The fourth-order valence-corrected chi connectivity index (χ4v) is 10.7. The molecule has 70 heavy (non-hydrogen) atoms. The SMILES string of the molecule is c1ccc(-c2cccc3cccc(-c4ccc(N(c5ccc(-c6ccc(-n7c8ccccc8c8ccccc87)cc6)cc5)c5cccc(-c6cccc7cccc(-c8ccccc8)c67)c5)cc4)c23)cc1. The van der Waals surface area contributed by atoms with E-state index in [0.29, 0.717) is 0 Å². The zero-order chi connectivity index (χ0) is 46.4. The Hall–Kier alpha value is -9.24. The van der Waals surface area contributed by atoms with Gasteiger partial charge in [-0.2, -0.15) is 0 Å². The van der Waals surface area contributed by atoms with Gasteiger partial charge in [0.05, 0.1) is 11.0 Å². The molecule has 1 heterocycles. The molecule has 0 spiro atoms. The molecule has 0 bridgehead atoms. The van der Waals surface area contributed by atoms with Crippen molar-refractivity contribution in [2.24, 2.45) is 0 Å². The van der Waals surface area contributed by atoms with E-state index in [1.165, 1.54) is 87.9 Å². The molecule has 0 aliphatic rings. The maximum Gasteiger partial charge on any atom is 0.0541 e. The maximum atomic E-state index is 2.39. The van der Waals surface area contributed by atoms with Gasteiger partial charge in [-0.25, -0.2) is 0 Å². The second kappa shape index (κ2) is 17.4. The molecule has 0 fully saturated rings. The first kappa shape index (κ1) is 41.0. The van der Waals surface area contributed by atoms with E-state index in [4.69, 9.17) is 0 Å². The van der Waals surface area contributed by atoms with Gasteiger partial charge in [0.25, 0.3) is 0 Å². The smallest absolute Gasteiger partial charge is 0.0541 e. The fourth-order valence-electron chi connectivity index (χ4n) is 10.7. The van der Waals surface area contributed by atoms with Crippen LogP contribution in [0.15, 0.2) is 279 Å². The second-order valence-corrected chi connectivity index (χ2v) is 18.0. The van der Waals surface area contributed by atoms with Crippen molar-refractivity contribution < 1.29 is 0 Å². The highest BCUT2D eigenvalue weighted by Gasteiger charge is 2.18. The minimum atomic E-state index is 1.08. The molecule has 0 amide bonds. The van der Waals surface area contributed by atoms with Crippen LogP contribution in [-0.4, -0.2) is 4.57 Å². The first-order valence-electron chi connectivity index (χ1n) is 24.1. The molecule has 0 aliphatic carbocycles. The lowest BCUT2D eigenvalue weighted by Gasteiger charge is -2.27. The summed E-state index contributed by atoms with van der Waals surface area (Å²) in [5, 5.41) is 7.50. The first-order chi connectivity index (χ1) is 34.7. The summed E-state index contributed by atoms with van der Waals surface area (Å²) in [6, 6.07) is 102. The highest BCUT2D eigenvalue weighted by atomic mass is 15.1. The summed E-state index contributed by atoms with van der Waals surface area (Å²) in [4.78, 5) is 2.39. The van der Waals surface area contributed by atoms with Crippen LogP contribution in [0.1, 0.15) is 0 Å². The van der Waals surface area contributed by atoms with Crippen molar-refractivity contribution in [3.63, 3.8) is 0 Å². The summed E-state index contributed by atoms with van der Waals surface area (Å²) in [6.45, 7) is 0. The number of nitrogens with zero attached hydrogens (tertiary/aromatic N) is 2. The highest BCUT2D eigenvalue weighted by Crippen LogP contribution is 2.43. The van der Waals surface area contributed by atoms with Crippen molar-refractivity contribution in [1.82, 2.24) is 4.57 Å². The quantitative estimate of drug-likeness (QED) is 0.140. The van der Waals surface area contributed by atoms with Gasteiger partial charge in [0.1, 0.15) is 0 Å². The standard InChI is InChI=1S/C68H46N2/c1-3-16-49(17-4-1)59-28-12-20-52-21-14-30-61(67(52)59)51-38-44-56(45-39-51)69(58-25-11-24-54(46-58)62-31-15-23-53-22-13-29-60(68(53)62)50-18-5-2-6-19-50)55-40-34-47(35-41-55)48-36-42-57(43-37-48)70-65-32-9-7-26-63(65)64-27-8-10-33-66(64)70/h1-46H. The summed E-state index contributed by atoms with van der Waals surface area (Å²) < 4.78 is 2.37. The molecule has 2 nitrogen and oxygen atoms in total. The molecular weight excluding hydrogens is 845 g/mol. The summed E-state index contributed by atoms with van der Waals surface area (Å²) in [5.41, 5.74) is 18.8. The van der Waals surface area contributed by atoms with E-state index in [-0.39, 0.29) is 0 Å². The van der Waals surface area contributed by atoms with Crippen molar-refractivity contribution in [3.05, 3.63) is 279 Å². The minimum Gasteiger partial charge on any atom is -0.310 e. The van der Waals surface area contributed by atoms with Gasteiger partial charge in [0, 0.05) is 33.5 Å². The molecule has 0 saturated carbocycles. The Morgan fingerprint density at radius 1 is 0.243 bits per heavy atom. The van der Waals surface area contributed by atoms with Crippen LogP contribution in [0.25, 0.3) is 105 Å². The number of hydrogen-bond donors (Lipinski definition) is 0. The van der Waals surface area contributed by atoms with E-state index in [1.807, 2.05) is 0 Å². The Morgan fingerprint density at radius 2 is 0.614 bits per heavy atom. The van der Waals surface area contributed by atoms with Gasteiger partial charge in [0.15, 0.2) is 0 Å². The van der Waals surface area contributed by atoms with Crippen molar-refractivity contribution in [2.75, 3.05) is 4.90 Å². The average Bonchev–Trinajstić information content (AvgIpc) is 3.78. The van der Waals surface area contributed by atoms with Gasteiger partial charge >= 0.3 is 0 Å². The predicted octanol–water partition coefficient (Wildman–Crippen LogP) is 18.9. The lowest BCUT2D eigenvalue weighted by molar-refractivity contribution is 1.18. The Bertz CT molecular complexity index is 3960. The third kappa shape index (κ3) is 7.22. The number of hydrogen-bond acceptors (Lipinski definition) is 1. The van der Waals surface area contributed by atoms with Crippen LogP contribution in [0.3, 0.4) is 0 Å². The molecule has 0 saturated heterocycles. The summed E-state index contributed by atoms with van der Waals surface area (Å²) in [7, 11) is 0. The van der Waals surface area contributed by atoms with Crippen molar-refractivity contribution in [2.45, 2.75) is 0 Å². The number of aromatic nitrogens is 1. The monoisotopic (exact) mass is 890 g/mol. The number of fused-ring (bicyclic) bond motifs is 5. The molecular formula is C68H46N2. The number of anilines is 3. The van der Waals surface area contributed by atoms with Crippen LogP contribution >= 0.6 is 0 Å². The highest BCUT2D eigenvalue weighted by molar-refractivity contribution is 6.10. The maximum absolute atomic E-state index is 2.39. The first-order valence-corrected chi connectivity index (χ1v) is 24.1. The van der Waals surface area contributed by atoms with Gasteiger partial charge in [-0.05, 0) is 138 Å². The Labute approximate surface area is 408 Å². The van der Waals surface area contributed by atoms with Gasteiger partial charge < -0.3 is 9.47 Å². The van der Waals surface area contributed by atoms with Crippen LogP contribution in [0.5, 0.6) is 0 Å². The van der Waals surface area contributed by atoms with E-state index in [9.17, 15) is 0 Å². The van der Waals surface area contributed by atoms with E-state index in [0.717, 1.165) is 33.9 Å². The molecule has 328 valence electrons. The zero-order valence-electron chi connectivity index (χ0n) is 38.5. The molecule has 0 radical (unpaired) electrons. The minimum absolute atomic E-state index is 1.08. The Kier molecular flexibility index (Phi) is 10.2. The lowest BCUT2D eigenvalue weighted by Crippen LogP contribution is -2.10. The van der Waals surface area contributed by atoms with Crippen molar-refractivity contribution >= 4 is 60.4 Å². The van der Waals surface area contributed by atoms with E-state index in [2.05, 4.69) is 289 Å². The number of para-hydroxylation sites is 2. The van der Waals surface area contributed by atoms with E-state index >= 15 is 0 Å². The fraction of sp³-hybridized carbons (Fsp3) is 0. The van der Waals surface area contributed by atoms with Crippen LogP contribution in [-0.2, 0) is 0 Å². The Morgan fingerprint density at radius 3 is 1.10 bits per heavy atom. The van der Waals surface area contributed by atoms with Gasteiger partial charge in [0.2, 0.25) is 0 Å². The van der Waals surface area contributed by atoms with Crippen LogP contribution in [0.4, 0.5) is 17.1 Å². The molecule has 1 aromatic heterocycles. The molecule has 13 rings (SSSR count). The zero-order valence-corrected chi connectivity index (χ0v) is 38.5. The van der Waals surface area contributed by atoms with Crippen LogP contribution in [0.2, 0.25) is 0 Å². The molecule has 13 aromatic rings. The predicted molar refractivity (Wildman–Crippen MR) is 298 cm³/mol. The van der Waals surface area contributed by atoms with Crippen LogP contribution < -0.4 is 4.90 Å². The topological polar surface area (TPSA) is 8.17 Å². The molecule has 0 unspecified atom stereocenters. The normalized spacial score (nSPS) is 11.4. The Balaban J connectivity index is 0.909. The summed E-state index contributed by atoms with van der Waals surface area (Å²) >= 11 is 0. The van der Waals surface area contributed by atoms with Crippen molar-refractivity contribution in [3.8, 4) is 61.3 Å². The molecule has 0 N–H and O–H groups in total. The summed E-state index contributed by atoms with van der Waals surface area (Å²) in [6.07, 6.45) is 0. The second-order valence-electron chi connectivity index (χ2n) is 18.0. The summed E-state index contributed by atoms with van der Waals surface area (Å²) in [5.74, 6) is 0. The molecule has 2 heteroatoms. The van der Waals surface area contributed by atoms with E-state index in [1.54, 1.807) is 0 Å². The number of rotatable bonds is 9. The van der Waals surface area contributed by atoms with Gasteiger partial charge in [-0.1, -0.05) is 218 Å². The molecule has 12 aromatic carbocycles. The van der Waals surface area contributed by atoms with Crippen LogP contribution in [0, 0.1) is 0 Å². The third-order valence-corrected chi connectivity index (χ3v) is 14.0. The lowest BCUT2D eigenvalue weighted by atomic mass is 9.91. The molecule has 0 aliphatic heterocycles. The number of benzene rings is 12. The molecule has 0 atom stereocenters. The van der Waals surface area contributed by atoms with E-state index < -0.39 is 0 Å². The largest absolute Gasteiger partial charge is 0.310 e.